The molecule has 0 aliphatic rings. The van der Waals surface area contributed by atoms with Crippen LogP contribution in [-0.4, -0.2) is 26.2 Å². The summed E-state index contributed by atoms with van der Waals surface area (Å²) in [7, 11) is 1.64. The smallest absolute Gasteiger partial charge is 0.244 e. The Morgan fingerprint density at radius 2 is 1.83 bits per heavy atom. The number of hydrogen-bond donors (Lipinski definition) is 1. The van der Waals surface area contributed by atoms with E-state index < -0.39 is 0 Å². The number of methoxy groups -OCH3 is 1. The fourth-order valence-electron chi connectivity index (χ4n) is 4.02. The van der Waals surface area contributed by atoms with Crippen LogP contribution in [0.1, 0.15) is 25.0 Å². The van der Waals surface area contributed by atoms with Gasteiger partial charge in [0.2, 0.25) is 5.91 Å². The van der Waals surface area contributed by atoms with Crippen molar-refractivity contribution < 1.29 is 23.1 Å². The molecule has 180 valence electrons. The summed E-state index contributed by atoms with van der Waals surface area (Å²) in [4.78, 5) is 12.6. The molecule has 0 fully saturated rings. The minimum absolute atomic E-state index is 0.204. The van der Waals surface area contributed by atoms with Crippen LogP contribution in [0.25, 0.3) is 27.7 Å². The Kier molecular flexibility index (Phi) is 7.51. The molecule has 0 aliphatic carbocycles. The molecule has 0 aliphatic heterocycles. The zero-order valence-corrected chi connectivity index (χ0v) is 20.1. The lowest BCUT2D eigenvalue weighted by Gasteiger charge is -2.12. The molecule has 3 aromatic carbocycles. The molecule has 0 saturated heterocycles. The number of rotatable bonds is 9. The Balaban J connectivity index is 1.60. The topological polar surface area (TPSA) is 60.7 Å². The number of para-hydroxylation sites is 1. The quantitative estimate of drug-likeness (QED) is 0.286. The van der Waals surface area contributed by atoms with Gasteiger partial charge in [0, 0.05) is 40.8 Å². The molecule has 5 nitrogen and oxygen atoms in total. The van der Waals surface area contributed by atoms with E-state index in [2.05, 4.69) is 5.32 Å². The highest BCUT2D eigenvalue weighted by Gasteiger charge is 2.17. The first-order valence-corrected chi connectivity index (χ1v) is 11.5. The van der Waals surface area contributed by atoms with Gasteiger partial charge < -0.3 is 19.2 Å². The Labute approximate surface area is 204 Å². The lowest BCUT2D eigenvalue weighted by molar-refractivity contribution is -0.116. The van der Waals surface area contributed by atoms with Crippen molar-refractivity contribution in [2.24, 2.45) is 0 Å². The van der Waals surface area contributed by atoms with Crippen molar-refractivity contribution in [3.8, 4) is 22.6 Å². The van der Waals surface area contributed by atoms with Crippen LogP contribution in [0.15, 0.2) is 77.4 Å². The molecule has 0 radical (unpaired) electrons. The lowest BCUT2D eigenvalue weighted by Crippen LogP contribution is -2.23. The number of carbonyl (C=O) groups is 1. The van der Waals surface area contributed by atoms with E-state index in [9.17, 15) is 9.18 Å². The van der Waals surface area contributed by atoms with Crippen LogP contribution >= 0.6 is 0 Å². The van der Waals surface area contributed by atoms with Gasteiger partial charge in [0.15, 0.2) is 0 Å². The van der Waals surface area contributed by atoms with Gasteiger partial charge >= 0.3 is 0 Å². The van der Waals surface area contributed by atoms with Crippen LogP contribution in [0, 0.1) is 5.82 Å². The van der Waals surface area contributed by atoms with Gasteiger partial charge in [-0.1, -0.05) is 30.3 Å². The van der Waals surface area contributed by atoms with Crippen LogP contribution in [0.4, 0.5) is 4.39 Å². The summed E-state index contributed by atoms with van der Waals surface area (Å²) in [6.07, 6.45) is 3.90. The molecule has 0 bridgehead atoms. The Morgan fingerprint density at radius 3 is 2.57 bits per heavy atom. The number of fused-ring (bicyclic) bond motifs is 1. The molecule has 1 heterocycles. The molecule has 1 N–H and O–H groups in total. The Hall–Kier alpha value is -4.06. The van der Waals surface area contributed by atoms with Crippen LogP contribution in [0.2, 0.25) is 0 Å². The second-order valence-corrected chi connectivity index (χ2v) is 8.12. The number of furan rings is 1. The van der Waals surface area contributed by atoms with Gasteiger partial charge in [-0.2, -0.15) is 0 Å². The van der Waals surface area contributed by atoms with Crippen molar-refractivity contribution in [1.29, 1.82) is 0 Å². The van der Waals surface area contributed by atoms with Gasteiger partial charge in [-0.05, 0) is 55.7 Å². The first kappa shape index (κ1) is 24.1. The van der Waals surface area contributed by atoms with Crippen LogP contribution < -0.4 is 14.8 Å². The van der Waals surface area contributed by atoms with Crippen molar-refractivity contribution in [2.45, 2.75) is 20.3 Å². The average molecular weight is 474 g/mol. The first-order valence-electron chi connectivity index (χ1n) is 11.5. The van der Waals surface area contributed by atoms with E-state index >= 15 is 0 Å². The van der Waals surface area contributed by atoms with Gasteiger partial charge in [0.25, 0.3) is 0 Å². The van der Waals surface area contributed by atoms with E-state index in [-0.39, 0.29) is 11.7 Å². The minimum atomic E-state index is -0.273. The maximum absolute atomic E-state index is 13.1. The molecule has 0 atom stereocenters. The van der Waals surface area contributed by atoms with E-state index in [1.54, 1.807) is 31.6 Å². The molecular formula is C29H28FNO4. The molecule has 0 saturated carbocycles. The highest BCUT2D eigenvalue weighted by atomic mass is 19.1. The van der Waals surface area contributed by atoms with E-state index in [4.69, 9.17) is 13.9 Å². The predicted molar refractivity (Wildman–Crippen MR) is 136 cm³/mol. The van der Waals surface area contributed by atoms with Gasteiger partial charge in [-0.3, -0.25) is 4.79 Å². The zero-order chi connectivity index (χ0) is 24.8. The number of ether oxygens (including phenoxy) is 2. The van der Waals surface area contributed by atoms with Crippen molar-refractivity contribution in [3.05, 3.63) is 89.9 Å². The summed E-state index contributed by atoms with van der Waals surface area (Å²) in [6, 6.07) is 17.9. The molecule has 4 aromatic rings. The number of halogens is 1. The predicted octanol–water partition coefficient (Wildman–Crippen LogP) is 6.41. The molecule has 35 heavy (non-hydrogen) atoms. The Morgan fingerprint density at radius 1 is 1.06 bits per heavy atom. The van der Waals surface area contributed by atoms with Gasteiger partial charge in [-0.15, -0.1) is 0 Å². The van der Waals surface area contributed by atoms with Crippen molar-refractivity contribution in [2.75, 3.05) is 20.3 Å². The number of allylic oxidation sites excluding steroid dienone is 1. The fourth-order valence-corrected chi connectivity index (χ4v) is 4.02. The molecule has 0 unspecified atom stereocenters. The molecule has 6 heteroatoms. The SMILES string of the molecule is CCOc1cc2occ(-c3ccccc3OC)c2cc1/C(C)=C/C(=O)NCCc1ccc(F)cc1. The first-order chi connectivity index (χ1) is 17.0. The highest BCUT2D eigenvalue weighted by molar-refractivity contribution is 6.01. The summed E-state index contributed by atoms with van der Waals surface area (Å²) in [5.74, 6) is 0.918. The monoisotopic (exact) mass is 473 g/mol. The van der Waals surface area contributed by atoms with Crippen LogP contribution in [-0.2, 0) is 11.2 Å². The van der Waals surface area contributed by atoms with E-state index in [0.29, 0.717) is 30.9 Å². The summed E-state index contributed by atoms with van der Waals surface area (Å²) in [5, 5.41) is 3.80. The number of nitrogens with one attached hydrogen (secondary N) is 1. The molecule has 1 aromatic heterocycles. The van der Waals surface area contributed by atoms with E-state index in [1.807, 2.05) is 50.2 Å². The van der Waals surface area contributed by atoms with Crippen molar-refractivity contribution in [3.63, 3.8) is 0 Å². The molecule has 1 amide bonds. The van der Waals surface area contributed by atoms with E-state index in [1.165, 1.54) is 12.1 Å². The normalized spacial score (nSPS) is 11.5. The summed E-state index contributed by atoms with van der Waals surface area (Å²) in [5.41, 5.74) is 5.05. The van der Waals surface area contributed by atoms with Gasteiger partial charge in [-0.25, -0.2) is 4.39 Å². The second kappa shape index (κ2) is 10.9. The van der Waals surface area contributed by atoms with Crippen LogP contribution in [0.5, 0.6) is 11.5 Å². The molecular weight excluding hydrogens is 445 g/mol. The fraction of sp³-hybridized carbons (Fsp3) is 0.207. The third-order valence-corrected chi connectivity index (χ3v) is 5.77. The van der Waals surface area contributed by atoms with E-state index in [0.717, 1.165) is 39.0 Å². The molecule has 4 rings (SSSR count). The average Bonchev–Trinajstić information content (AvgIpc) is 3.27. The lowest BCUT2D eigenvalue weighted by atomic mass is 9.98. The summed E-state index contributed by atoms with van der Waals surface area (Å²) in [6.45, 7) is 4.73. The third kappa shape index (κ3) is 5.54. The second-order valence-electron chi connectivity index (χ2n) is 8.12. The maximum atomic E-state index is 13.1. The van der Waals surface area contributed by atoms with Crippen LogP contribution in [0.3, 0.4) is 0 Å². The largest absolute Gasteiger partial charge is 0.496 e. The van der Waals surface area contributed by atoms with Crippen molar-refractivity contribution >= 4 is 22.4 Å². The van der Waals surface area contributed by atoms with Gasteiger partial charge in [0.1, 0.15) is 22.9 Å². The standard InChI is InChI=1S/C29H28FNO4/c1-4-34-27-17-28-24(25(18-35-28)22-7-5-6-8-26(22)33-3)16-23(27)19(2)15-29(32)31-14-13-20-9-11-21(30)12-10-20/h5-12,15-18H,4,13-14H2,1-3H3,(H,31,32)/b19-15+. The van der Waals surface area contributed by atoms with Gasteiger partial charge in [0.05, 0.1) is 20.0 Å². The Bertz CT molecular complexity index is 1360. The summed E-state index contributed by atoms with van der Waals surface area (Å²) >= 11 is 0. The zero-order valence-electron chi connectivity index (χ0n) is 20.1. The number of carbonyl (C=O) groups excluding carboxylic acids is 1. The maximum Gasteiger partial charge on any atom is 0.244 e. The third-order valence-electron chi connectivity index (χ3n) is 5.77. The number of hydrogen-bond acceptors (Lipinski definition) is 4. The number of benzene rings is 3. The summed E-state index contributed by atoms with van der Waals surface area (Å²) < 4.78 is 30.3. The highest BCUT2D eigenvalue weighted by Crippen LogP contribution is 2.40. The minimum Gasteiger partial charge on any atom is -0.496 e. The van der Waals surface area contributed by atoms with Crippen molar-refractivity contribution in [1.82, 2.24) is 5.32 Å². The number of amides is 1. The molecule has 0 spiro atoms.